The van der Waals surface area contributed by atoms with Gasteiger partial charge >= 0.3 is 5.97 Å². The predicted molar refractivity (Wildman–Crippen MR) is 148 cm³/mol. The van der Waals surface area contributed by atoms with Crippen LogP contribution >= 0.6 is 12.2 Å². The standard InChI is InChI=1S/C28H33FN4O4S/c1-2-37-27(36)20-7-11-22(12-8-20)30-25(34)19-24-26(35)33(23-13-9-21(29)10-14-23)28(38)32(24)18-6-17-31-15-4-3-5-16-31/h7-14,24H,2-6,15-19H2,1H3,(H,30,34)/t24-/m1/s1. The number of thiocarbonyl (C=S) groups is 1. The fourth-order valence-electron chi connectivity index (χ4n) is 4.85. The Balaban J connectivity index is 1.45. The first-order valence-electron chi connectivity index (χ1n) is 13.1. The highest BCUT2D eigenvalue weighted by Gasteiger charge is 2.43. The van der Waals surface area contributed by atoms with E-state index >= 15 is 0 Å². The molecule has 10 heteroatoms. The van der Waals surface area contributed by atoms with Crippen molar-refractivity contribution in [2.75, 3.05) is 43.0 Å². The van der Waals surface area contributed by atoms with E-state index in [0.29, 0.717) is 28.6 Å². The summed E-state index contributed by atoms with van der Waals surface area (Å²) in [5, 5.41) is 3.12. The number of carbonyl (C=O) groups excluding carboxylic acids is 3. The lowest BCUT2D eigenvalue weighted by Gasteiger charge is -2.28. The number of anilines is 2. The zero-order valence-electron chi connectivity index (χ0n) is 21.5. The van der Waals surface area contributed by atoms with Crippen LogP contribution < -0.4 is 10.2 Å². The normalized spacial score (nSPS) is 18.1. The number of nitrogens with zero attached hydrogens (tertiary/aromatic N) is 3. The van der Waals surface area contributed by atoms with Gasteiger partial charge in [-0.25, -0.2) is 9.18 Å². The number of rotatable bonds is 10. The van der Waals surface area contributed by atoms with Crippen molar-refractivity contribution in [3.05, 3.63) is 59.9 Å². The number of ether oxygens (including phenoxy) is 1. The van der Waals surface area contributed by atoms with Crippen LogP contribution in [0, 0.1) is 5.82 Å². The predicted octanol–water partition coefficient (Wildman–Crippen LogP) is 4.21. The highest BCUT2D eigenvalue weighted by molar-refractivity contribution is 7.80. The zero-order valence-corrected chi connectivity index (χ0v) is 22.3. The van der Waals surface area contributed by atoms with Gasteiger partial charge in [0, 0.05) is 12.2 Å². The Morgan fingerprint density at radius 1 is 1.03 bits per heavy atom. The van der Waals surface area contributed by atoms with E-state index in [4.69, 9.17) is 17.0 Å². The second-order valence-electron chi connectivity index (χ2n) is 9.45. The molecule has 2 amide bonds. The van der Waals surface area contributed by atoms with Crippen LogP contribution in [0.15, 0.2) is 48.5 Å². The number of likely N-dealkylation sites (tertiary alicyclic amines) is 1. The van der Waals surface area contributed by atoms with Crippen LogP contribution in [0.1, 0.15) is 49.4 Å². The first-order valence-corrected chi connectivity index (χ1v) is 13.5. The number of nitrogens with one attached hydrogen (secondary N) is 1. The Kier molecular flexibility index (Phi) is 9.41. The summed E-state index contributed by atoms with van der Waals surface area (Å²) >= 11 is 5.69. The molecule has 0 saturated carbocycles. The number of benzene rings is 2. The van der Waals surface area contributed by atoms with Gasteiger partial charge in [-0.3, -0.25) is 14.5 Å². The molecule has 8 nitrogen and oxygen atoms in total. The Labute approximate surface area is 227 Å². The molecule has 1 atom stereocenters. The maximum absolute atomic E-state index is 13.5. The lowest BCUT2D eigenvalue weighted by molar-refractivity contribution is -0.124. The van der Waals surface area contributed by atoms with Gasteiger partial charge in [0.25, 0.3) is 5.91 Å². The van der Waals surface area contributed by atoms with Gasteiger partial charge in [0.1, 0.15) is 11.9 Å². The Bertz CT molecular complexity index is 1150. The molecule has 0 radical (unpaired) electrons. The average molecular weight is 541 g/mol. The summed E-state index contributed by atoms with van der Waals surface area (Å²) in [5.74, 6) is -1.50. The number of hydrogen-bond acceptors (Lipinski definition) is 6. The van der Waals surface area contributed by atoms with Crippen molar-refractivity contribution >= 4 is 46.5 Å². The minimum atomic E-state index is -0.771. The third-order valence-electron chi connectivity index (χ3n) is 6.78. The van der Waals surface area contributed by atoms with Gasteiger partial charge in [-0.05, 0) is 107 Å². The fraction of sp³-hybridized carbons (Fsp3) is 0.429. The van der Waals surface area contributed by atoms with E-state index in [0.717, 1.165) is 26.1 Å². The van der Waals surface area contributed by atoms with E-state index < -0.39 is 17.8 Å². The number of piperidine rings is 1. The summed E-state index contributed by atoms with van der Waals surface area (Å²) in [4.78, 5) is 44.0. The van der Waals surface area contributed by atoms with Crippen LogP contribution in [0.3, 0.4) is 0 Å². The van der Waals surface area contributed by atoms with Crippen molar-refractivity contribution in [1.82, 2.24) is 9.80 Å². The number of halogens is 1. The van der Waals surface area contributed by atoms with Gasteiger partial charge in [0.05, 0.1) is 24.3 Å². The van der Waals surface area contributed by atoms with Crippen LogP contribution in [0.5, 0.6) is 0 Å². The van der Waals surface area contributed by atoms with E-state index in [1.54, 1.807) is 31.2 Å². The molecule has 2 aromatic rings. The molecular formula is C28H33FN4O4S. The van der Waals surface area contributed by atoms with Crippen LogP contribution in [0.4, 0.5) is 15.8 Å². The second-order valence-corrected chi connectivity index (χ2v) is 9.81. The molecule has 4 rings (SSSR count). The minimum absolute atomic E-state index is 0.0972. The molecule has 2 saturated heterocycles. The molecule has 38 heavy (non-hydrogen) atoms. The third kappa shape index (κ3) is 6.73. The van der Waals surface area contributed by atoms with Crippen molar-refractivity contribution in [1.29, 1.82) is 0 Å². The SMILES string of the molecule is CCOC(=O)c1ccc(NC(=O)C[C@@H]2C(=O)N(c3ccc(F)cc3)C(=S)N2CCCN2CCCCC2)cc1. The van der Waals surface area contributed by atoms with Gasteiger partial charge < -0.3 is 19.9 Å². The van der Waals surface area contributed by atoms with Gasteiger partial charge in [0.2, 0.25) is 5.91 Å². The third-order valence-corrected chi connectivity index (χ3v) is 7.20. The molecule has 0 spiro atoms. The molecular weight excluding hydrogens is 507 g/mol. The lowest BCUT2D eigenvalue weighted by Crippen LogP contribution is -2.40. The number of hydrogen-bond donors (Lipinski definition) is 1. The number of carbonyl (C=O) groups is 3. The molecule has 0 aliphatic carbocycles. The summed E-state index contributed by atoms with van der Waals surface area (Å²) in [6.45, 7) is 5.59. The van der Waals surface area contributed by atoms with Crippen molar-refractivity contribution in [2.24, 2.45) is 0 Å². The molecule has 0 unspecified atom stereocenters. The quantitative estimate of drug-likeness (QED) is 0.357. The fourth-order valence-corrected chi connectivity index (χ4v) is 5.27. The molecule has 2 heterocycles. The van der Waals surface area contributed by atoms with Crippen LogP contribution in [-0.2, 0) is 14.3 Å². The summed E-state index contributed by atoms with van der Waals surface area (Å²) in [7, 11) is 0. The number of amides is 2. The Morgan fingerprint density at radius 2 is 1.71 bits per heavy atom. The first kappa shape index (κ1) is 27.7. The van der Waals surface area contributed by atoms with E-state index in [9.17, 15) is 18.8 Å². The molecule has 0 bridgehead atoms. The second kappa shape index (κ2) is 12.9. The lowest BCUT2D eigenvalue weighted by atomic mass is 10.1. The maximum Gasteiger partial charge on any atom is 0.338 e. The molecule has 2 aromatic carbocycles. The van der Waals surface area contributed by atoms with Gasteiger partial charge in [0.15, 0.2) is 5.11 Å². The maximum atomic E-state index is 13.5. The summed E-state index contributed by atoms with van der Waals surface area (Å²) in [5.41, 5.74) is 1.36. The highest BCUT2D eigenvalue weighted by Crippen LogP contribution is 2.28. The largest absolute Gasteiger partial charge is 0.462 e. The van der Waals surface area contributed by atoms with Crippen LogP contribution in [0.2, 0.25) is 0 Å². The average Bonchev–Trinajstić information content (AvgIpc) is 3.14. The summed E-state index contributed by atoms with van der Waals surface area (Å²) in [6.07, 6.45) is 4.36. The highest BCUT2D eigenvalue weighted by atomic mass is 32.1. The smallest absolute Gasteiger partial charge is 0.338 e. The van der Waals surface area contributed by atoms with Crippen molar-refractivity contribution in [2.45, 2.75) is 45.1 Å². The van der Waals surface area contributed by atoms with Gasteiger partial charge in [-0.2, -0.15) is 0 Å². The van der Waals surface area contributed by atoms with E-state index in [-0.39, 0.29) is 24.8 Å². The molecule has 2 fully saturated rings. The molecule has 2 aliphatic rings. The molecule has 202 valence electrons. The minimum Gasteiger partial charge on any atom is -0.462 e. The van der Waals surface area contributed by atoms with Crippen molar-refractivity contribution in [3.63, 3.8) is 0 Å². The number of esters is 1. The first-order chi connectivity index (χ1) is 18.4. The van der Waals surface area contributed by atoms with E-state index in [2.05, 4.69) is 10.2 Å². The molecule has 2 aliphatic heterocycles. The molecule has 1 N–H and O–H groups in total. The Hall–Kier alpha value is -3.37. The van der Waals surface area contributed by atoms with Crippen LogP contribution in [-0.4, -0.2) is 71.5 Å². The Morgan fingerprint density at radius 3 is 2.37 bits per heavy atom. The van der Waals surface area contributed by atoms with Crippen molar-refractivity contribution in [3.8, 4) is 0 Å². The van der Waals surface area contributed by atoms with Crippen LogP contribution in [0.25, 0.3) is 0 Å². The van der Waals surface area contributed by atoms with Gasteiger partial charge in [-0.15, -0.1) is 0 Å². The van der Waals surface area contributed by atoms with Crippen molar-refractivity contribution < 1.29 is 23.5 Å². The zero-order chi connectivity index (χ0) is 27.1. The van der Waals surface area contributed by atoms with E-state index in [1.165, 1.54) is 48.4 Å². The monoisotopic (exact) mass is 540 g/mol. The van der Waals surface area contributed by atoms with E-state index in [1.807, 2.05) is 4.90 Å². The topological polar surface area (TPSA) is 82.2 Å². The van der Waals surface area contributed by atoms with Gasteiger partial charge in [-0.1, -0.05) is 6.42 Å². The molecule has 0 aromatic heterocycles. The summed E-state index contributed by atoms with van der Waals surface area (Å²) in [6, 6.07) is 11.2. The summed E-state index contributed by atoms with van der Waals surface area (Å²) < 4.78 is 18.5.